The van der Waals surface area contributed by atoms with Gasteiger partial charge in [0.05, 0.1) is 16.8 Å². The standard InChI is InChI=1S/C14H17ClN4O2/c1-8-6-9(2)19(18-8)12-5-4-11(15)13(17-12)14(21)16-7-10(3)20/h4-6,10,20H,7H2,1-3H3,(H,16,21). The molecular formula is C14H17ClN4O2. The van der Waals surface area contributed by atoms with Crippen molar-refractivity contribution in [3.63, 3.8) is 0 Å². The topological polar surface area (TPSA) is 80.0 Å². The van der Waals surface area contributed by atoms with Gasteiger partial charge in [-0.15, -0.1) is 0 Å². The molecule has 0 fully saturated rings. The van der Waals surface area contributed by atoms with E-state index in [2.05, 4.69) is 15.4 Å². The van der Waals surface area contributed by atoms with Crippen LogP contribution in [0.2, 0.25) is 5.02 Å². The van der Waals surface area contributed by atoms with Gasteiger partial charge in [0.1, 0.15) is 5.69 Å². The number of nitrogens with zero attached hydrogens (tertiary/aromatic N) is 3. The average Bonchev–Trinajstić information content (AvgIpc) is 2.75. The number of aromatic nitrogens is 3. The predicted octanol–water partition coefficient (Wildman–Crippen LogP) is 1.65. The third-order valence-electron chi connectivity index (χ3n) is 2.83. The highest BCUT2D eigenvalue weighted by Crippen LogP contribution is 2.17. The maximum atomic E-state index is 12.0. The largest absolute Gasteiger partial charge is 0.392 e. The quantitative estimate of drug-likeness (QED) is 0.900. The number of carbonyl (C=O) groups is 1. The van der Waals surface area contributed by atoms with E-state index in [-0.39, 0.29) is 17.3 Å². The minimum Gasteiger partial charge on any atom is -0.392 e. The monoisotopic (exact) mass is 308 g/mol. The molecule has 2 heterocycles. The molecule has 1 unspecified atom stereocenters. The zero-order chi connectivity index (χ0) is 15.6. The van der Waals surface area contributed by atoms with Crippen molar-refractivity contribution in [3.05, 3.63) is 40.3 Å². The summed E-state index contributed by atoms with van der Waals surface area (Å²) in [6.07, 6.45) is -0.632. The van der Waals surface area contributed by atoms with Gasteiger partial charge in [-0.1, -0.05) is 11.6 Å². The summed E-state index contributed by atoms with van der Waals surface area (Å²) in [7, 11) is 0. The molecule has 2 N–H and O–H groups in total. The molecule has 0 radical (unpaired) electrons. The van der Waals surface area contributed by atoms with Crippen LogP contribution in [0.3, 0.4) is 0 Å². The highest BCUT2D eigenvalue weighted by molar-refractivity contribution is 6.33. The minimum atomic E-state index is -0.632. The predicted molar refractivity (Wildman–Crippen MR) is 79.9 cm³/mol. The van der Waals surface area contributed by atoms with Crippen molar-refractivity contribution in [1.82, 2.24) is 20.1 Å². The second-order valence-corrected chi connectivity index (χ2v) is 5.31. The molecule has 6 nitrogen and oxygen atoms in total. The number of halogens is 1. The lowest BCUT2D eigenvalue weighted by atomic mass is 10.3. The van der Waals surface area contributed by atoms with Crippen molar-refractivity contribution in [1.29, 1.82) is 0 Å². The van der Waals surface area contributed by atoms with Crippen molar-refractivity contribution in [2.45, 2.75) is 26.9 Å². The van der Waals surface area contributed by atoms with Gasteiger partial charge in [0, 0.05) is 12.2 Å². The zero-order valence-electron chi connectivity index (χ0n) is 12.1. The van der Waals surface area contributed by atoms with Gasteiger partial charge in [0.25, 0.3) is 5.91 Å². The van der Waals surface area contributed by atoms with Crippen molar-refractivity contribution in [3.8, 4) is 5.82 Å². The Morgan fingerprint density at radius 3 is 2.76 bits per heavy atom. The Labute approximate surface area is 127 Å². The van der Waals surface area contributed by atoms with E-state index >= 15 is 0 Å². The third kappa shape index (κ3) is 3.59. The first-order valence-electron chi connectivity index (χ1n) is 6.55. The van der Waals surface area contributed by atoms with Gasteiger partial charge < -0.3 is 10.4 Å². The van der Waals surface area contributed by atoms with E-state index in [1.54, 1.807) is 23.7 Å². The maximum Gasteiger partial charge on any atom is 0.271 e. The van der Waals surface area contributed by atoms with Crippen LogP contribution in [0.4, 0.5) is 0 Å². The smallest absolute Gasteiger partial charge is 0.271 e. The van der Waals surface area contributed by atoms with Crippen LogP contribution in [0.5, 0.6) is 0 Å². The average molecular weight is 309 g/mol. The van der Waals surface area contributed by atoms with Crippen molar-refractivity contribution in [2.75, 3.05) is 6.54 Å². The van der Waals surface area contributed by atoms with Gasteiger partial charge in [-0.2, -0.15) is 5.10 Å². The third-order valence-corrected chi connectivity index (χ3v) is 3.14. The number of aryl methyl sites for hydroxylation is 2. The first-order chi connectivity index (χ1) is 9.88. The lowest BCUT2D eigenvalue weighted by molar-refractivity contribution is 0.0919. The summed E-state index contributed by atoms with van der Waals surface area (Å²) in [5.74, 6) is 0.0940. The number of hydrogen-bond acceptors (Lipinski definition) is 4. The van der Waals surface area contributed by atoms with Crippen LogP contribution >= 0.6 is 11.6 Å². The van der Waals surface area contributed by atoms with Crippen molar-refractivity contribution >= 4 is 17.5 Å². The SMILES string of the molecule is Cc1cc(C)n(-c2ccc(Cl)c(C(=O)NCC(C)O)n2)n1. The number of amides is 1. The Hall–Kier alpha value is -1.92. The molecule has 2 aromatic heterocycles. The molecule has 0 saturated carbocycles. The fraction of sp³-hybridized carbons (Fsp3) is 0.357. The lowest BCUT2D eigenvalue weighted by Gasteiger charge is -2.10. The molecule has 21 heavy (non-hydrogen) atoms. The highest BCUT2D eigenvalue weighted by atomic mass is 35.5. The molecule has 0 aliphatic heterocycles. The molecule has 1 atom stereocenters. The summed E-state index contributed by atoms with van der Waals surface area (Å²) in [6, 6.07) is 5.23. The van der Waals surface area contributed by atoms with Crippen LogP contribution in [-0.4, -0.2) is 38.4 Å². The van der Waals surface area contributed by atoms with E-state index in [0.717, 1.165) is 11.4 Å². The molecule has 0 aromatic carbocycles. The fourth-order valence-electron chi connectivity index (χ4n) is 1.89. The van der Waals surface area contributed by atoms with Crippen molar-refractivity contribution in [2.24, 2.45) is 0 Å². The van der Waals surface area contributed by atoms with Crippen molar-refractivity contribution < 1.29 is 9.90 Å². The number of hydrogen-bond donors (Lipinski definition) is 2. The van der Waals surface area contributed by atoms with Crippen LogP contribution in [-0.2, 0) is 0 Å². The molecule has 0 bridgehead atoms. The second kappa shape index (κ2) is 6.24. The normalized spacial score (nSPS) is 12.2. The van der Waals surface area contributed by atoms with Crippen LogP contribution in [0.15, 0.2) is 18.2 Å². The molecule has 7 heteroatoms. The lowest BCUT2D eigenvalue weighted by Crippen LogP contribution is -2.31. The summed E-state index contributed by atoms with van der Waals surface area (Å²) in [5, 5.41) is 16.4. The Bertz CT molecular complexity index is 667. The number of aliphatic hydroxyl groups is 1. The van der Waals surface area contributed by atoms with E-state index in [9.17, 15) is 9.90 Å². The molecule has 112 valence electrons. The molecule has 1 amide bonds. The molecule has 0 spiro atoms. The van der Waals surface area contributed by atoms with Gasteiger partial charge in [-0.25, -0.2) is 9.67 Å². The summed E-state index contributed by atoms with van der Waals surface area (Å²) in [4.78, 5) is 16.3. The Kier molecular flexibility index (Phi) is 4.59. The van der Waals surface area contributed by atoms with Gasteiger partial charge in [-0.05, 0) is 39.0 Å². The van der Waals surface area contributed by atoms with E-state index < -0.39 is 12.0 Å². The molecule has 0 aliphatic rings. The molecule has 2 rings (SSSR count). The van der Waals surface area contributed by atoms with Crippen LogP contribution < -0.4 is 5.32 Å². The molecule has 0 aliphatic carbocycles. The van der Waals surface area contributed by atoms with Gasteiger partial charge in [0.2, 0.25) is 0 Å². The summed E-state index contributed by atoms with van der Waals surface area (Å²) in [5.41, 5.74) is 1.89. The number of pyridine rings is 1. The van der Waals surface area contributed by atoms with Gasteiger partial charge >= 0.3 is 0 Å². The van der Waals surface area contributed by atoms with Crippen LogP contribution in [0.1, 0.15) is 28.8 Å². The zero-order valence-corrected chi connectivity index (χ0v) is 12.8. The summed E-state index contributed by atoms with van der Waals surface area (Å²) in [6.45, 7) is 5.52. The Morgan fingerprint density at radius 1 is 1.48 bits per heavy atom. The maximum absolute atomic E-state index is 12.0. The number of nitrogens with one attached hydrogen (secondary N) is 1. The van der Waals surface area contributed by atoms with E-state index in [1.165, 1.54) is 0 Å². The van der Waals surface area contributed by atoms with Gasteiger partial charge in [-0.3, -0.25) is 4.79 Å². The Morgan fingerprint density at radius 2 is 2.19 bits per heavy atom. The number of aliphatic hydroxyl groups excluding tert-OH is 1. The summed E-state index contributed by atoms with van der Waals surface area (Å²) >= 11 is 6.02. The number of rotatable bonds is 4. The van der Waals surface area contributed by atoms with E-state index in [0.29, 0.717) is 5.82 Å². The van der Waals surface area contributed by atoms with Gasteiger partial charge in [0.15, 0.2) is 5.82 Å². The fourth-order valence-corrected chi connectivity index (χ4v) is 2.09. The summed E-state index contributed by atoms with van der Waals surface area (Å²) < 4.78 is 1.65. The van der Waals surface area contributed by atoms with E-state index in [1.807, 2.05) is 19.9 Å². The van der Waals surface area contributed by atoms with Crippen LogP contribution in [0, 0.1) is 13.8 Å². The Balaban J connectivity index is 2.33. The first kappa shape index (κ1) is 15.5. The van der Waals surface area contributed by atoms with E-state index in [4.69, 9.17) is 11.6 Å². The highest BCUT2D eigenvalue weighted by Gasteiger charge is 2.15. The minimum absolute atomic E-state index is 0.113. The molecular weight excluding hydrogens is 292 g/mol. The molecule has 0 saturated heterocycles. The molecule has 2 aromatic rings. The first-order valence-corrected chi connectivity index (χ1v) is 6.92. The second-order valence-electron chi connectivity index (χ2n) is 4.90. The number of carbonyl (C=O) groups excluding carboxylic acids is 1. The van der Waals surface area contributed by atoms with Crippen LogP contribution in [0.25, 0.3) is 5.82 Å².